The zero-order valence-electron chi connectivity index (χ0n) is 2.05. The molecule has 0 aliphatic rings. The zero-order valence-corrected chi connectivity index (χ0v) is 6.15. The third kappa shape index (κ3) is 9.43. The second-order valence-electron chi connectivity index (χ2n) is 0.380. The average molecular weight is 130 g/mol. The van der Waals surface area contributed by atoms with Gasteiger partial charge in [-0.25, -0.2) is 0 Å². The van der Waals surface area contributed by atoms with Crippen LogP contribution in [-0.2, 0) is 0 Å². The van der Waals surface area contributed by atoms with E-state index in [-0.39, 0.29) is 6.50 Å². The lowest BCUT2D eigenvalue weighted by molar-refractivity contribution is 5.27. The molecule has 0 amide bonds. The highest BCUT2D eigenvalue weighted by molar-refractivity contribution is 8.81. The van der Waals surface area contributed by atoms with Gasteiger partial charge >= 0.3 is 0 Å². The minimum Gasteiger partial charge on any atom is -0.143 e. The first-order chi connectivity index (χ1) is 1.73. The normalized spacial score (nSPS) is 9.00. The molecule has 26 valence electrons. The van der Waals surface area contributed by atoms with Gasteiger partial charge in [-0.2, -0.15) is 0 Å². The molecule has 4 heavy (non-hydrogen) atoms. The number of rotatable bonds is 0. The highest BCUT2D eigenvalue weighted by Crippen LogP contribution is 2.56. The number of hydrogen-bond donors (Lipinski definition) is 1. The van der Waals surface area contributed by atoms with Crippen LogP contribution in [0.3, 0.4) is 0 Å². The van der Waals surface area contributed by atoms with E-state index in [4.69, 9.17) is 0 Å². The Kier molecular flexibility index (Phi) is 4.03. The molecule has 0 spiro atoms. The van der Waals surface area contributed by atoms with Gasteiger partial charge < -0.3 is 0 Å². The Labute approximate surface area is 37.2 Å². The van der Waals surface area contributed by atoms with E-state index < -0.39 is 0 Å². The molecule has 0 rings (SSSR count). The van der Waals surface area contributed by atoms with Crippen LogP contribution in [0.25, 0.3) is 0 Å². The largest absolute Gasteiger partial charge is 0.143 e. The molecule has 0 aromatic carbocycles. The van der Waals surface area contributed by atoms with Crippen molar-refractivity contribution in [1.29, 1.82) is 0 Å². The fourth-order valence-electron chi connectivity index (χ4n) is 0. The first-order valence-corrected chi connectivity index (χ1v) is 6.45. The molecule has 0 bridgehead atoms. The summed E-state index contributed by atoms with van der Waals surface area (Å²) in [5.74, 6) is 0. The Morgan fingerprint density at radius 1 is 1.50 bits per heavy atom. The van der Waals surface area contributed by atoms with E-state index in [0.717, 1.165) is 0 Å². The van der Waals surface area contributed by atoms with Crippen molar-refractivity contribution in [3.63, 3.8) is 0 Å². The van der Waals surface area contributed by atoms with Gasteiger partial charge in [-0.3, -0.25) is 0 Å². The van der Waals surface area contributed by atoms with Crippen molar-refractivity contribution < 1.29 is 0 Å². The molecule has 0 aromatic rings. The molecular formula is H5P3S. The molecule has 0 N–H and O–H groups in total. The van der Waals surface area contributed by atoms with Crippen molar-refractivity contribution >= 4 is 36.6 Å². The summed E-state index contributed by atoms with van der Waals surface area (Å²) in [4.78, 5) is 0. The number of hydrogen-bond acceptors (Lipinski definition) is 1. The molecule has 0 radical (unpaired) electrons. The van der Waals surface area contributed by atoms with Crippen LogP contribution in [0.4, 0.5) is 0 Å². The highest BCUT2D eigenvalue weighted by Gasteiger charge is 1.67. The molecule has 0 nitrogen and oxygen atoms in total. The van der Waals surface area contributed by atoms with E-state index in [9.17, 15) is 0 Å². The first-order valence-electron chi connectivity index (χ1n) is 0.716. The van der Waals surface area contributed by atoms with Crippen molar-refractivity contribution in [3.8, 4) is 0 Å². The van der Waals surface area contributed by atoms with Crippen LogP contribution in [0.15, 0.2) is 0 Å². The highest BCUT2D eigenvalue weighted by atomic mass is 33.0. The maximum absolute atomic E-state index is 3.96. The van der Waals surface area contributed by atoms with E-state index in [0.29, 0.717) is 0 Å². The summed E-state index contributed by atoms with van der Waals surface area (Å²) in [5, 5.41) is 0. The lowest BCUT2D eigenvalue weighted by Crippen LogP contribution is -0.909. The summed E-state index contributed by atoms with van der Waals surface area (Å²) in [6.07, 6.45) is 0. The molecule has 0 saturated carbocycles. The lowest BCUT2D eigenvalue weighted by atomic mass is 29.4. The summed E-state index contributed by atoms with van der Waals surface area (Å²) < 4.78 is 0. The van der Waals surface area contributed by atoms with Crippen LogP contribution in [0, 0.1) is 0 Å². The minimum absolute atomic E-state index is 0.0926. The Balaban J connectivity index is 2.32. The van der Waals surface area contributed by atoms with Crippen LogP contribution in [0.1, 0.15) is 0 Å². The fourth-order valence-corrected chi connectivity index (χ4v) is 0. The van der Waals surface area contributed by atoms with E-state index in [2.05, 4.69) is 30.1 Å². The summed E-state index contributed by atoms with van der Waals surface area (Å²) in [6, 6.07) is 0. The lowest BCUT2D eigenvalue weighted by Gasteiger charge is -1.79. The van der Waals surface area contributed by atoms with Gasteiger partial charge in [0.2, 0.25) is 0 Å². The van der Waals surface area contributed by atoms with Crippen molar-refractivity contribution in [3.05, 3.63) is 0 Å². The Morgan fingerprint density at radius 3 is 1.50 bits per heavy atom. The standard InChI is InChI=1S/H5P3S/c1-3(2)4/h4H,1-2H2. The van der Waals surface area contributed by atoms with Crippen LogP contribution in [0.2, 0.25) is 0 Å². The predicted octanol–water partition coefficient (Wildman–Crippen LogP) is 1.89. The van der Waals surface area contributed by atoms with E-state index in [1.165, 1.54) is 0 Å². The maximum Gasteiger partial charge on any atom is -0.0135 e. The maximum atomic E-state index is 3.96. The predicted molar refractivity (Wildman–Crippen MR) is 35.3 cm³/mol. The number of thiol groups is 1. The van der Waals surface area contributed by atoms with Gasteiger partial charge in [-0.05, 0) is 6.50 Å². The third-order valence-electron chi connectivity index (χ3n) is 0. The zero-order chi connectivity index (χ0) is 3.58. The van der Waals surface area contributed by atoms with Crippen molar-refractivity contribution in [2.75, 3.05) is 0 Å². The summed E-state index contributed by atoms with van der Waals surface area (Å²) >= 11 is 3.96. The quantitative estimate of drug-likeness (QED) is 0.375. The molecule has 4 heteroatoms. The topological polar surface area (TPSA) is 0 Å². The third-order valence-corrected chi connectivity index (χ3v) is 0. The van der Waals surface area contributed by atoms with Gasteiger partial charge in [0.05, 0.1) is 0 Å². The van der Waals surface area contributed by atoms with Crippen molar-refractivity contribution in [1.82, 2.24) is 0 Å². The van der Waals surface area contributed by atoms with Gasteiger partial charge in [0, 0.05) is 0 Å². The second kappa shape index (κ2) is 2.86. The smallest absolute Gasteiger partial charge is 0.0135 e. The second-order valence-corrected chi connectivity index (χ2v) is 10.3. The molecule has 2 atom stereocenters. The van der Waals surface area contributed by atoms with Gasteiger partial charge in [0.15, 0.2) is 0 Å². The molecule has 0 aliphatic heterocycles. The Hall–Kier alpha value is 1.64. The minimum atomic E-state index is -0.0926. The summed E-state index contributed by atoms with van der Waals surface area (Å²) in [7, 11) is 5.10. The molecular weight excluding hydrogens is 125 g/mol. The van der Waals surface area contributed by atoms with Crippen LogP contribution in [0.5, 0.6) is 0 Å². The van der Waals surface area contributed by atoms with E-state index in [1.807, 2.05) is 0 Å². The van der Waals surface area contributed by atoms with E-state index >= 15 is 0 Å². The SMILES string of the molecule is PP(P)S. The summed E-state index contributed by atoms with van der Waals surface area (Å²) in [5.41, 5.74) is 0. The van der Waals surface area contributed by atoms with Crippen molar-refractivity contribution in [2.24, 2.45) is 0 Å². The Morgan fingerprint density at radius 2 is 1.50 bits per heavy atom. The molecule has 0 aromatic heterocycles. The molecule has 2 unspecified atom stereocenters. The first kappa shape index (κ1) is 5.64. The van der Waals surface area contributed by atoms with Crippen LogP contribution < -0.4 is 0 Å². The fraction of sp³-hybridized carbons (Fsp3) is 0. The van der Waals surface area contributed by atoms with Gasteiger partial charge in [-0.1, -0.05) is 17.9 Å². The van der Waals surface area contributed by atoms with Gasteiger partial charge in [0.1, 0.15) is 0 Å². The van der Waals surface area contributed by atoms with Crippen LogP contribution in [-0.4, -0.2) is 0 Å². The monoisotopic (exact) mass is 130 g/mol. The molecule has 0 aliphatic carbocycles. The average Bonchev–Trinajstić information content (AvgIpc) is 0.811. The Bertz CT molecular complexity index is 8.00. The van der Waals surface area contributed by atoms with E-state index in [1.54, 1.807) is 0 Å². The molecule has 0 fully saturated rings. The van der Waals surface area contributed by atoms with Crippen LogP contribution >= 0.6 is 36.6 Å². The molecule has 0 saturated heterocycles. The van der Waals surface area contributed by atoms with Gasteiger partial charge in [0.25, 0.3) is 0 Å². The van der Waals surface area contributed by atoms with Gasteiger partial charge in [-0.15, -0.1) is 12.2 Å². The summed E-state index contributed by atoms with van der Waals surface area (Å²) in [6.45, 7) is -0.0926. The van der Waals surface area contributed by atoms with Crippen molar-refractivity contribution in [2.45, 2.75) is 0 Å². The molecule has 0 heterocycles.